The molecule has 1 aromatic carbocycles. The highest BCUT2D eigenvalue weighted by atomic mass is 32.2. The second-order valence-corrected chi connectivity index (χ2v) is 10.5. The summed E-state index contributed by atoms with van der Waals surface area (Å²) in [5.74, 6) is -0.368. The summed E-state index contributed by atoms with van der Waals surface area (Å²) in [7, 11) is -4.24. The number of hydrogen-bond donors (Lipinski definition) is 0. The SMILES string of the molecule is CN(C)S(=O)(=O)c1ccc(OCCOC(=O)C2=CC=CN3CCS(=O)(=O)N=C23)cc1. The van der Waals surface area contributed by atoms with Gasteiger partial charge in [-0.15, -0.1) is 4.40 Å². The van der Waals surface area contributed by atoms with E-state index in [9.17, 15) is 21.6 Å². The third-order valence-electron chi connectivity index (χ3n) is 4.26. The van der Waals surface area contributed by atoms with Crippen LogP contribution in [0.3, 0.4) is 0 Å². The van der Waals surface area contributed by atoms with E-state index < -0.39 is 26.0 Å². The van der Waals surface area contributed by atoms with Crippen LogP contribution in [0.5, 0.6) is 5.75 Å². The first-order valence-corrected chi connectivity index (χ1v) is 12.0. The topological polar surface area (TPSA) is 123 Å². The number of carbonyl (C=O) groups excluding carboxylic acids is 1. The Morgan fingerprint density at radius 2 is 1.90 bits per heavy atom. The number of benzene rings is 1. The number of allylic oxidation sites excluding steroid dienone is 2. The van der Waals surface area contributed by atoms with E-state index in [0.717, 1.165) is 4.31 Å². The minimum Gasteiger partial charge on any atom is -0.490 e. The zero-order valence-electron chi connectivity index (χ0n) is 16.4. The van der Waals surface area contributed by atoms with Crippen molar-refractivity contribution < 1.29 is 31.1 Å². The third-order valence-corrected chi connectivity index (χ3v) is 7.24. The molecule has 0 spiro atoms. The van der Waals surface area contributed by atoms with Crippen LogP contribution in [-0.4, -0.2) is 77.5 Å². The lowest BCUT2D eigenvalue weighted by atomic mass is 10.1. The number of amidine groups is 1. The van der Waals surface area contributed by atoms with E-state index in [-0.39, 0.29) is 41.8 Å². The van der Waals surface area contributed by atoms with Crippen LogP contribution in [0.2, 0.25) is 0 Å². The molecule has 0 aliphatic carbocycles. The number of ether oxygens (including phenoxy) is 2. The molecule has 0 N–H and O–H groups in total. The first kappa shape index (κ1) is 22.0. The van der Waals surface area contributed by atoms with E-state index in [0.29, 0.717) is 5.75 Å². The number of rotatable bonds is 7. The Kier molecular flexibility index (Phi) is 6.29. The number of carbonyl (C=O) groups is 1. The van der Waals surface area contributed by atoms with Crippen molar-refractivity contribution in [3.05, 3.63) is 48.2 Å². The third kappa shape index (κ3) is 4.89. The summed E-state index contributed by atoms with van der Waals surface area (Å²) in [6, 6.07) is 5.86. The van der Waals surface area contributed by atoms with Crippen molar-refractivity contribution in [2.24, 2.45) is 4.40 Å². The lowest BCUT2D eigenvalue weighted by Gasteiger charge is -2.28. The molecule has 0 aromatic heterocycles. The number of esters is 1. The summed E-state index contributed by atoms with van der Waals surface area (Å²) in [4.78, 5) is 14.1. The molecule has 0 saturated carbocycles. The summed E-state index contributed by atoms with van der Waals surface area (Å²) in [6.45, 7) is 0.158. The maximum atomic E-state index is 12.3. The van der Waals surface area contributed by atoms with Crippen molar-refractivity contribution in [1.29, 1.82) is 0 Å². The predicted molar refractivity (Wildman–Crippen MR) is 109 cm³/mol. The standard InChI is InChI=1S/C18H21N3O7S2/c1-20(2)30(25,26)15-7-5-14(6-8-15)27-11-12-28-18(22)16-4-3-9-21-10-13-29(23,24)19-17(16)21/h3-9H,10-13H2,1-2H3. The first-order valence-electron chi connectivity index (χ1n) is 8.91. The van der Waals surface area contributed by atoms with Crippen LogP contribution in [0, 0.1) is 0 Å². The first-order chi connectivity index (χ1) is 14.1. The number of nitrogens with zero attached hydrogens (tertiary/aromatic N) is 3. The van der Waals surface area contributed by atoms with E-state index in [2.05, 4.69) is 4.40 Å². The fraction of sp³-hybridized carbons (Fsp3) is 0.333. The molecule has 0 saturated heterocycles. The number of sulfonamides is 2. The molecule has 1 aromatic rings. The van der Waals surface area contributed by atoms with Crippen molar-refractivity contribution >= 4 is 31.9 Å². The van der Waals surface area contributed by atoms with Crippen LogP contribution in [0.1, 0.15) is 0 Å². The number of hydrogen-bond acceptors (Lipinski definition) is 8. The summed E-state index contributed by atoms with van der Waals surface area (Å²) < 4.78 is 62.9. The molecule has 0 bridgehead atoms. The van der Waals surface area contributed by atoms with Gasteiger partial charge in [0.25, 0.3) is 10.0 Å². The molecule has 0 amide bonds. The lowest BCUT2D eigenvalue weighted by Crippen LogP contribution is -2.40. The van der Waals surface area contributed by atoms with Crippen LogP contribution < -0.4 is 4.74 Å². The van der Waals surface area contributed by atoms with Gasteiger partial charge >= 0.3 is 5.97 Å². The number of fused-ring (bicyclic) bond motifs is 1. The summed E-state index contributed by atoms with van der Waals surface area (Å²) in [5.41, 5.74) is 0.0546. The molecule has 12 heteroatoms. The van der Waals surface area contributed by atoms with Crippen LogP contribution in [0.15, 0.2) is 57.5 Å². The Morgan fingerprint density at radius 3 is 2.57 bits per heavy atom. The average Bonchev–Trinajstić information content (AvgIpc) is 2.70. The van der Waals surface area contributed by atoms with Crippen LogP contribution in [0.25, 0.3) is 0 Å². The van der Waals surface area contributed by atoms with E-state index in [1.807, 2.05) is 0 Å². The molecule has 3 rings (SSSR count). The molecule has 0 radical (unpaired) electrons. The van der Waals surface area contributed by atoms with Gasteiger partial charge in [0.05, 0.1) is 10.6 Å². The molecular weight excluding hydrogens is 434 g/mol. The van der Waals surface area contributed by atoms with Gasteiger partial charge in [-0.3, -0.25) is 0 Å². The molecule has 2 aliphatic rings. The van der Waals surface area contributed by atoms with Crippen molar-refractivity contribution in [3.8, 4) is 5.75 Å². The molecule has 0 fully saturated rings. The summed E-state index contributed by atoms with van der Waals surface area (Å²) in [6.07, 6.45) is 4.71. The quantitative estimate of drug-likeness (QED) is 0.427. The van der Waals surface area contributed by atoms with Crippen molar-refractivity contribution in [3.63, 3.8) is 0 Å². The monoisotopic (exact) mass is 455 g/mol. The zero-order valence-corrected chi connectivity index (χ0v) is 18.0. The van der Waals surface area contributed by atoms with Crippen molar-refractivity contribution in [2.45, 2.75) is 4.90 Å². The molecule has 0 unspecified atom stereocenters. The fourth-order valence-corrected chi connectivity index (χ4v) is 4.55. The van der Waals surface area contributed by atoms with Crippen LogP contribution in [0.4, 0.5) is 0 Å². The van der Waals surface area contributed by atoms with E-state index >= 15 is 0 Å². The van der Waals surface area contributed by atoms with Gasteiger partial charge in [-0.25, -0.2) is 25.9 Å². The van der Waals surface area contributed by atoms with Crippen LogP contribution in [-0.2, 0) is 29.6 Å². The van der Waals surface area contributed by atoms with Crippen molar-refractivity contribution in [2.75, 3.05) is 39.6 Å². The molecule has 0 atom stereocenters. The predicted octanol–water partition coefficient (Wildman–Crippen LogP) is 0.357. The van der Waals surface area contributed by atoms with Crippen LogP contribution >= 0.6 is 0 Å². The Bertz CT molecular complexity index is 1120. The van der Waals surface area contributed by atoms with Gasteiger partial charge in [0.2, 0.25) is 10.0 Å². The molecule has 2 heterocycles. The Hall–Kier alpha value is -2.70. The second-order valence-electron chi connectivity index (χ2n) is 6.56. The van der Waals surface area contributed by atoms with E-state index in [4.69, 9.17) is 9.47 Å². The second kappa shape index (κ2) is 8.58. The maximum absolute atomic E-state index is 12.3. The maximum Gasteiger partial charge on any atom is 0.342 e. The highest BCUT2D eigenvalue weighted by molar-refractivity contribution is 7.90. The molecule has 10 nitrogen and oxygen atoms in total. The van der Waals surface area contributed by atoms with Gasteiger partial charge in [-0.1, -0.05) is 0 Å². The van der Waals surface area contributed by atoms with E-state index in [1.54, 1.807) is 17.2 Å². The molecule has 2 aliphatic heterocycles. The highest BCUT2D eigenvalue weighted by Crippen LogP contribution is 2.20. The minimum atomic E-state index is -3.61. The largest absolute Gasteiger partial charge is 0.490 e. The van der Waals surface area contributed by atoms with Gasteiger partial charge in [0.15, 0.2) is 5.84 Å². The minimum absolute atomic E-state index is 0.0309. The molecule has 30 heavy (non-hydrogen) atoms. The van der Waals surface area contributed by atoms with Gasteiger partial charge < -0.3 is 14.4 Å². The fourth-order valence-electron chi connectivity index (χ4n) is 2.67. The normalized spacial score (nSPS) is 17.8. The van der Waals surface area contributed by atoms with Gasteiger partial charge in [-0.05, 0) is 36.4 Å². The summed E-state index contributed by atoms with van der Waals surface area (Å²) >= 11 is 0. The smallest absolute Gasteiger partial charge is 0.342 e. The van der Waals surface area contributed by atoms with Gasteiger partial charge in [0.1, 0.15) is 24.5 Å². The Balaban J connectivity index is 1.55. The average molecular weight is 456 g/mol. The lowest BCUT2D eigenvalue weighted by molar-refractivity contribution is -0.139. The van der Waals surface area contributed by atoms with Gasteiger partial charge in [-0.2, -0.15) is 0 Å². The van der Waals surface area contributed by atoms with Crippen molar-refractivity contribution in [1.82, 2.24) is 9.21 Å². The molecular formula is C18H21N3O7S2. The van der Waals surface area contributed by atoms with Gasteiger partial charge in [0, 0.05) is 26.8 Å². The zero-order chi connectivity index (χ0) is 21.9. The summed E-state index contributed by atoms with van der Waals surface area (Å²) in [5, 5.41) is 0. The van der Waals surface area contributed by atoms with E-state index in [1.165, 1.54) is 44.4 Å². The highest BCUT2D eigenvalue weighted by Gasteiger charge is 2.30. The Labute approximate surface area is 175 Å². The molecule has 162 valence electrons. The Morgan fingerprint density at radius 1 is 1.20 bits per heavy atom.